The number of carbonyl (C=O) groups is 2. The zero-order valence-electron chi connectivity index (χ0n) is 16.5. The summed E-state index contributed by atoms with van der Waals surface area (Å²) in [4.78, 5) is 26.5. The van der Waals surface area contributed by atoms with E-state index in [4.69, 9.17) is 14.2 Å². The number of ether oxygens (including phenoxy) is 3. The van der Waals surface area contributed by atoms with Crippen molar-refractivity contribution >= 4 is 11.9 Å². The summed E-state index contributed by atoms with van der Waals surface area (Å²) in [5.41, 5.74) is 0. The van der Waals surface area contributed by atoms with E-state index in [1.165, 1.54) is 0 Å². The van der Waals surface area contributed by atoms with Crippen molar-refractivity contribution in [3.8, 4) is 0 Å². The zero-order chi connectivity index (χ0) is 18.8. The number of hydrogen-bond donors (Lipinski definition) is 0. The normalized spacial score (nSPS) is 21.0. The van der Waals surface area contributed by atoms with Crippen molar-refractivity contribution in [2.75, 3.05) is 33.5 Å². The second kappa shape index (κ2) is 11.5. The molecular formula is C19H35NO5. The maximum Gasteiger partial charge on any atom is 0.309 e. The van der Waals surface area contributed by atoms with Gasteiger partial charge in [-0.1, -0.05) is 0 Å². The van der Waals surface area contributed by atoms with Crippen LogP contribution >= 0.6 is 0 Å². The lowest BCUT2D eigenvalue weighted by Crippen LogP contribution is -2.40. The monoisotopic (exact) mass is 357 g/mol. The Bertz CT molecular complexity index is 395. The van der Waals surface area contributed by atoms with Gasteiger partial charge in [-0.05, 0) is 53.4 Å². The Morgan fingerprint density at radius 1 is 0.840 bits per heavy atom. The predicted octanol–water partition coefficient (Wildman–Crippen LogP) is 2.64. The first-order chi connectivity index (χ1) is 11.9. The molecule has 0 heterocycles. The van der Waals surface area contributed by atoms with Gasteiger partial charge in [-0.15, -0.1) is 0 Å². The number of carbonyl (C=O) groups excluding carboxylic acids is 2. The number of esters is 2. The Morgan fingerprint density at radius 2 is 1.28 bits per heavy atom. The van der Waals surface area contributed by atoms with Gasteiger partial charge in [0, 0.05) is 25.7 Å². The van der Waals surface area contributed by atoms with Gasteiger partial charge in [0.25, 0.3) is 0 Å². The van der Waals surface area contributed by atoms with Crippen LogP contribution in [0.1, 0.15) is 53.4 Å². The van der Waals surface area contributed by atoms with Crippen molar-refractivity contribution in [2.24, 2.45) is 11.8 Å². The third kappa shape index (κ3) is 7.74. The summed E-state index contributed by atoms with van der Waals surface area (Å²) >= 11 is 0. The Labute approximate surface area is 152 Å². The molecule has 0 unspecified atom stereocenters. The van der Waals surface area contributed by atoms with Crippen LogP contribution in [-0.2, 0) is 23.8 Å². The van der Waals surface area contributed by atoms with Crippen molar-refractivity contribution in [1.29, 1.82) is 0 Å². The molecule has 0 aromatic carbocycles. The van der Waals surface area contributed by atoms with E-state index in [9.17, 15) is 9.59 Å². The van der Waals surface area contributed by atoms with E-state index in [0.717, 1.165) is 6.54 Å². The molecule has 25 heavy (non-hydrogen) atoms. The van der Waals surface area contributed by atoms with Crippen LogP contribution in [0.2, 0.25) is 0 Å². The largest absolute Gasteiger partial charge is 0.464 e. The molecule has 1 fully saturated rings. The lowest BCUT2D eigenvalue weighted by atomic mass is 9.82. The van der Waals surface area contributed by atoms with E-state index in [2.05, 4.69) is 32.6 Å². The van der Waals surface area contributed by atoms with Gasteiger partial charge in [0.2, 0.25) is 0 Å². The molecule has 0 saturated heterocycles. The van der Waals surface area contributed by atoms with Crippen LogP contribution in [0.4, 0.5) is 0 Å². The highest BCUT2D eigenvalue weighted by molar-refractivity contribution is 5.75. The van der Waals surface area contributed by atoms with Crippen LogP contribution in [0.25, 0.3) is 0 Å². The first kappa shape index (κ1) is 21.9. The van der Waals surface area contributed by atoms with Crippen molar-refractivity contribution in [3.63, 3.8) is 0 Å². The molecule has 0 aliphatic heterocycles. The van der Waals surface area contributed by atoms with Crippen molar-refractivity contribution < 1.29 is 23.8 Å². The molecule has 0 spiro atoms. The molecule has 1 saturated carbocycles. The summed E-state index contributed by atoms with van der Waals surface area (Å²) in [6.45, 7) is 10.5. The molecule has 0 atom stereocenters. The van der Waals surface area contributed by atoms with Gasteiger partial charge in [0.15, 0.2) is 0 Å². The third-order valence-electron chi connectivity index (χ3n) is 4.85. The summed E-state index contributed by atoms with van der Waals surface area (Å²) in [6.07, 6.45) is 2.77. The molecule has 6 nitrogen and oxygen atoms in total. The molecular weight excluding hydrogens is 322 g/mol. The zero-order valence-corrected chi connectivity index (χ0v) is 16.5. The molecule has 6 heteroatoms. The molecule has 1 aliphatic rings. The van der Waals surface area contributed by atoms with E-state index in [0.29, 0.717) is 57.6 Å². The fourth-order valence-corrected chi connectivity index (χ4v) is 3.39. The average molecular weight is 357 g/mol. The highest BCUT2D eigenvalue weighted by Crippen LogP contribution is 2.30. The molecule has 1 aliphatic carbocycles. The minimum Gasteiger partial charge on any atom is -0.464 e. The maximum atomic E-state index is 12.2. The van der Waals surface area contributed by atoms with E-state index >= 15 is 0 Å². The van der Waals surface area contributed by atoms with Crippen LogP contribution in [0.15, 0.2) is 0 Å². The number of nitrogens with zero attached hydrogens (tertiary/aromatic N) is 1. The van der Waals surface area contributed by atoms with Crippen LogP contribution in [0.5, 0.6) is 0 Å². The molecule has 0 amide bonds. The SMILES string of the molecule is COCCOC(=O)C1CCC(C(=O)OCCN(C(C)C)C(C)C)CC1. The maximum absolute atomic E-state index is 12.2. The topological polar surface area (TPSA) is 65.1 Å². The van der Waals surface area contributed by atoms with E-state index in [-0.39, 0.29) is 23.8 Å². The van der Waals surface area contributed by atoms with Crippen molar-refractivity contribution in [1.82, 2.24) is 4.90 Å². The van der Waals surface area contributed by atoms with Crippen molar-refractivity contribution in [2.45, 2.75) is 65.5 Å². The molecule has 146 valence electrons. The smallest absolute Gasteiger partial charge is 0.309 e. The number of rotatable bonds is 10. The van der Waals surface area contributed by atoms with Gasteiger partial charge in [0.1, 0.15) is 13.2 Å². The van der Waals surface area contributed by atoms with Crippen molar-refractivity contribution in [3.05, 3.63) is 0 Å². The first-order valence-electron chi connectivity index (χ1n) is 9.44. The third-order valence-corrected chi connectivity index (χ3v) is 4.85. The fourth-order valence-electron chi connectivity index (χ4n) is 3.39. The molecule has 0 bridgehead atoms. The van der Waals surface area contributed by atoms with Gasteiger partial charge < -0.3 is 14.2 Å². The Morgan fingerprint density at radius 3 is 1.68 bits per heavy atom. The highest BCUT2D eigenvalue weighted by Gasteiger charge is 2.31. The van der Waals surface area contributed by atoms with Gasteiger partial charge in [0.05, 0.1) is 18.4 Å². The minimum atomic E-state index is -0.173. The number of methoxy groups -OCH3 is 1. The molecule has 0 N–H and O–H groups in total. The van der Waals surface area contributed by atoms with E-state index in [1.807, 2.05) is 0 Å². The van der Waals surface area contributed by atoms with Crippen LogP contribution in [0, 0.1) is 11.8 Å². The van der Waals surface area contributed by atoms with Crippen LogP contribution in [0.3, 0.4) is 0 Å². The lowest BCUT2D eigenvalue weighted by molar-refractivity contribution is -0.156. The molecule has 0 radical (unpaired) electrons. The first-order valence-corrected chi connectivity index (χ1v) is 9.44. The Hall–Kier alpha value is -1.14. The standard InChI is InChI=1S/C19H35NO5/c1-14(2)20(15(3)4)10-11-24-18(21)16-6-8-17(9-7-16)19(22)25-13-12-23-5/h14-17H,6-13H2,1-5H3. The van der Waals surface area contributed by atoms with Crippen LogP contribution in [-0.4, -0.2) is 62.4 Å². The molecule has 0 aromatic heterocycles. The second-order valence-corrected chi connectivity index (χ2v) is 7.30. The highest BCUT2D eigenvalue weighted by atomic mass is 16.6. The van der Waals surface area contributed by atoms with Crippen LogP contribution < -0.4 is 0 Å². The average Bonchev–Trinajstić information content (AvgIpc) is 2.58. The molecule has 0 aromatic rings. The lowest BCUT2D eigenvalue weighted by Gasteiger charge is -2.30. The fraction of sp³-hybridized carbons (Fsp3) is 0.895. The van der Waals surface area contributed by atoms with Gasteiger partial charge >= 0.3 is 11.9 Å². The predicted molar refractivity (Wildman–Crippen MR) is 96.2 cm³/mol. The summed E-state index contributed by atoms with van der Waals surface area (Å²) in [6, 6.07) is 0.858. The van der Waals surface area contributed by atoms with Gasteiger partial charge in [-0.2, -0.15) is 0 Å². The minimum absolute atomic E-state index is 0.0884. The summed E-state index contributed by atoms with van der Waals surface area (Å²) in [5.74, 6) is -0.486. The Kier molecular flexibility index (Phi) is 10.0. The summed E-state index contributed by atoms with van der Waals surface area (Å²) in [5, 5.41) is 0. The van der Waals surface area contributed by atoms with E-state index in [1.54, 1.807) is 7.11 Å². The number of hydrogen-bond acceptors (Lipinski definition) is 6. The van der Waals surface area contributed by atoms with Gasteiger partial charge in [-0.3, -0.25) is 14.5 Å². The van der Waals surface area contributed by atoms with Gasteiger partial charge in [-0.25, -0.2) is 0 Å². The van der Waals surface area contributed by atoms with E-state index < -0.39 is 0 Å². The summed E-state index contributed by atoms with van der Waals surface area (Å²) in [7, 11) is 1.58. The summed E-state index contributed by atoms with van der Waals surface area (Å²) < 4.78 is 15.5. The second-order valence-electron chi connectivity index (χ2n) is 7.30. The quantitative estimate of drug-likeness (QED) is 0.442. The molecule has 1 rings (SSSR count). The Balaban J connectivity index is 2.27.